The molecule has 0 aromatic rings. The predicted molar refractivity (Wildman–Crippen MR) is 25.4 cm³/mol. The van der Waals surface area contributed by atoms with Crippen LogP contribution in [0, 0.1) is 13.2 Å². The van der Waals surface area contributed by atoms with E-state index >= 15 is 0 Å². The number of ketones is 1. The van der Waals surface area contributed by atoms with E-state index in [-0.39, 0.29) is 77.6 Å². The minimum absolute atomic E-state index is 0. The molecule has 10 heavy (non-hydrogen) atoms. The van der Waals surface area contributed by atoms with Gasteiger partial charge in [-0.2, -0.15) is 12.5 Å². The Bertz CT molecular complexity index is 95.6. The Morgan fingerprint density at radius 1 is 1.60 bits per heavy atom. The monoisotopic (exact) mass is 543 g/mol. The molecular formula is C5H6O2RfY2-2. The summed E-state index contributed by atoms with van der Waals surface area (Å²) in [5, 5.41) is 7.81. The molecule has 0 aromatic carbocycles. The fraction of sp³-hybridized carbons (Fsp3) is 0.200. The van der Waals surface area contributed by atoms with Crippen molar-refractivity contribution in [3.05, 3.63) is 19.3 Å². The Morgan fingerprint density at radius 3 is 2.10 bits per heavy atom. The average Bonchev–Trinajstić information content (AvgIpc) is 1.68. The van der Waals surface area contributed by atoms with Gasteiger partial charge in [-0.05, 0) is 5.78 Å². The molecule has 48 valence electrons. The normalized spacial score (nSPS) is 6.90. The topological polar surface area (TPSA) is 37.3 Å². The van der Waals surface area contributed by atoms with Gasteiger partial charge < -0.3 is 16.8 Å². The fourth-order valence-corrected chi connectivity index (χ4v) is 0.144. The number of aliphatic hydroxyl groups is 1. The van der Waals surface area contributed by atoms with Crippen LogP contribution < -0.4 is 0 Å². The molecule has 0 fully saturated rings. The molecule has 5 heteroatoms. The van der Waals surface area contributed by atoms with Crippen molar-refractivity contribution in [1.29, 1.82) is 0 Å². The van der Waals surface area contributed by atoms with Gasteiger partial charge in [0.15, 0.2) is 0 Å². The first-order valence-corrected chi connectivity index (χ1v) is 1.86. The number of rotatable bonds is 2. The van der Waals surface area contributed by atoms with Crippen molar-refractivity contribution in [3.63, 3.8) is 0 Å². The average molecular weight is 543 g/mol. The fourth-order valence-electron chi connectivity index (χ4n) is 0.144. The van der Waals surface area contributed by atoms with Crippen molar-refractivity contribution in [2.45, 2.75) is 6.42 Å². The van der Waals surface area contributed by atoms with Crippen molar-refractivity contribution in [2.24, 2.45) is 0 Å². The molecule has 0 aromatic heterocycles. The van der Waals surface area contributed by atoms with Gasteiger partial charge in [-0.25, -0.2) is 0 Å². The molecule has 0 saturated carbocycles. The largest absolute Gasteiger partial charge is 0.607 e. The van der Waals surface area contributed by atoms with Crippen LogP contribution in [-0.4, -0.2) is 10.9 Å². The molecule has 0 saturated heterocycles. The summed E-state index contributed by atoms with van der Waals surface area (Å²) in [6, 6.07) is 0. The van der Waals surface area contributed by atoms with E-state index in [2.05, 4.69) is 6.92 Å². The van der Waals surface area contributed by atoms with Crippen molar-refractivity contribution in [2.75, 3.05) is 0 Å². The van der Waals surface area contributed by atoms with E-state index in [9.17, 15) is 4.79 Å². The van der Waals surface area contributed by atoms with Gasteiger partial charge in [0.25, 0.3) is 0 Å². The van der Waals surface area contributed by atoms with Gasteiger partial charge in [0.05, 0.1) is 0 Å². The zero-order chi connectivity index (χ0) is 5.70. The smallest absolute Gasteiger partial charge is 0 e. The minimum atomic E-state index is -0.220. The van der Waals surface area contributed by atoms with E-state index in [1.54, 1.807) is 6.26 Å². The minimum Gasteiger partial charge on any atom is -0.607 e. The van der Waals surface area contributed by atoms with E-state index < -0.39 is 0 Å². The van der Waals surface area contributed by atoms with E-state index in [1.165, 1.54) is 0 Å². The van der Waals surface area contributed by atoms with Gasteiger partial charge in [0, 0.05) is 65.4 Å². The third kappa shape index (κ3) is 15.8. The van der Waals surface area contributed by atoms with Gasteiger partial charge in [-0.3, -0.25) is 0 Å². The van der Waals surface area contributed by atoms with Crippen LogP contribution in [-0.2, 0) is 70.2 Å². The van der Waals surface area contributed by atoms with E-state index in [4.69, 9.17) is 5.11 Å². The number of allylic oxidation sites excluding steroid dienone is 1. The second-order valence-corrected chi connectivity index (χ2v) is 0.990. The Morgan fingerprint density at radius 2 is 2.00 bits per heavy atom. The quantitative estimate of drug-likeness (QED) is 0.316. The summed E-state index contributed by atoms with van der Waals surface area (Å²) in [7, 11) is 0. The summed E-state index contributed by atoms with van der Waals surface area (Å²) < 4.78 is 0. The molecule has 0 aliphatic carbocycles. The summed E-state index contributed by atoms with van der Waals surface area (Å²) in [5.41, 5.74) is 0. The molecule has 2 nitrogen and oxygen atoms in total. The maximum absolute atomic E-state index is 10.1. The molecule has 0 aliphatic heterocycles. The Kier molecular flexibility index (Phi) is 36.3. The first-order chi connectivity index (χ1) is 3.31. The van der Waals surface area contributed by atoms with Crippen LogP contribution in [0.2, 0.25) is 0 Å². The van der Waals surface area contributed by atoms with Crippen LogP contribution in [0.1, 0.15) is 6.42 Å². The van der Waals surface area contributed by atoms with E-state index in [0.29, 0.717) is 0 Å². The molecular weight excluding hydrogens is 537 g/mol. The van der Waals surface area contributed by atoms with Crippen LogP contribution in [0.3, 0.4) is 0 Å². The Labute approximate surface area is 105 Å². The van der Waals surface area contributed by atoms with Crippen molar-refractivity contribution in [3.8, 4) is 0 Å². The maximum Gasteiger partial charge on any atom is 0 e. The Balaban J connectivity index is -0.0000000600. The zero-order valence-corrected chi connectivity index (χ0v) is 17.8. The molecule has 0 rings (SSSR count). The standard InChI is InChI=1S/C5H6O2.Rf.2Y/c1-2-5(7)3-4-6;;;/h3,6H,1-2H2;;;/q-2;;;. The number of carbonyl (C=O) groups excluding carboxylic acids is 1. The van der Waals surface area contributed by atoms with Crippen molar-refractivity contribution >= 4 is 5.78 Å². The van der Waals surface area contributed by atoms with Gasteiger partial charge in [-0.15, -0.1) is 0 Å². The molecule has 0 amide bonds. The zero-order valence-electron chi connectivity index (χ0n) is 5.71. The van der Waals surface area contributed by atoms with Crippen LogP contribution >= 0.6 is 0 Å². The number of aliphatic hydroxyl groups excluding tert-OH is 1. The van der Waals surface area contributed by atoms with Gasteiger partial charge in [0.1, 0.15) is 0 Å². The molecule has 0 bridgehead atoms. The summed E-state index contributed by atoms with van der Waals surface area (Å²) >= 11 is 0. The first-order valence-electron chi connectivity index (χ1n) is 1.86. The van der Waals surface area contributed by atoms with Crippen molar-refractivity contribution in [1.82, 2.24) is 0 Å². The number of carbonyl (C=O) groups is 1. The van der Waals surface area contributed by atoms with Crippen LogP contribution in [0.4, 0.5) is 0 Å². The van der Waals surface area contributed by atoms with Crippen LogP contribution in [0.5, 0.6) is 0 Å². The van der Waals surface area contributed by atoms with Gasteiger partial charge in [0.2, 0.25) is 0 Å². The predicted octanol–water partition coefficient (Wildman–Crippen LogP) is 0.650. The SMILES string of the molecule is [CH2-]CC(=O)C=[C-]O.[Rf].[Y].[Y]. The van der Waals surface area contributed by atoms with Gasteiger partial charge >= 0.3 is 0 Å². The van der Waals surface area contributed by atoms with E-state index in [1.807, 2.05) is 0 Å². The van der Waals surface area contributed by atoms with Crippen LogP contribution in [0.15, 0.2) is 6.08 Å². The Hall–Kier alpha value is 0.418. The summed E-state index contributed by atoms with van der Waals surface area (Å²) in [6.45, 7) is 3.27. The molecule has 0 atom stereocenters. The summed E-state index contributed by atoms with van der Waals surface area (Å²) in [6.07, 6.45) is 2.73. The third-order valence-corrected chi connectivity index (χ3v) is 0.472. The maximum atomic E-state index is 10.1. The molecule has 1 N–H and O–H groups in total. The summed E-state index contributed by atoms with van der Waals surface area (Å²) in [4.78, 5) is 10.1. The number of hydrogen-bond donors (Lipinski definition) is 1. The second kappa shape index (κ2) is 16.2. The second-order valence-electron chi connectivity index (χ2n) is 0.990. The molecule has 0 spiro atoms. The first kappa shape index (κ1) is 22.4. The molecule has 0 heterocycles. The molecule has 0 unspecified atom stereocenters. The van der Waals surface area contributed by atoms with Gasteiger partial charge in [-0.1, -0.05) is 6.26 Å². The molecule has 0 aliphatic rings. The van der Waals surface area contributed by atoms with Crippen molar-refractivity contribution < 1.29 is 75.3 Å². The number of hydrogen-bond acceptors (Lipinski definition) is 2. The van der Waals surface area contributed by atoms with Crippen LogP contribution in [0.25, 0.3) is 0 Å². The third-order valence-electron chi connectivity index (χ3n) is 0.472. The van der Waals surface area contributed by atoms with E-state index in [0.717, 1.165) is 6.08 Å². The summed E-state index contributed by atoms with van der Waals surface area (Å²) in [5.74, 6) is -0.220. The molecule has 2 radical (unpaired) electrons.